The Labute approximate surface area is 53.9 Å². The second kappa shape index (κ2) is 2.19. The Kier molecular flexibility index (Phi) is 1.53. The Hall–Kier alpha value is -0.830. The second-order valence-corrected chi connectivity index (χ2v) is 2.30. The molecule has 0 amide bonds. The fraction of sp³-hybridized carbons (Fsp3) is 0.500. The first-order chi connectivity index (χ1) is 4.27. The molecule has 1 aliphatic rings. The minimum Gasteiger partial charge on any atom is -0.411 e. The normalized spacial score (nSPS) is 34.3. The molecule has 0 aliphatic heterocycles. The van der Waals surface area contributed by atoms with Gasteiger partial charge in [-0.05, 0) is 12.8 Å². The zero-order chi connectivity index (χ0) is 6.74. The second-order valence-electron chi connectivity index (χ2n) is 2.30. The van der Waals surface area contributed by atoms with E-state index in [9.17, 15) is 0 Å². The van der Waals surface area contributed by atoms with Gasteiger partial charge in [-0.1, -0.05) is 17.3 Å². The van der Waals surface area contributed by atoms with Crippen molar-refractivity contribution in [2.24, 2.45) is 10.9 Å². The van der Waals surface area contributed by atoms with Gasteiger partial charge in [-0.15, -0.1) is 0 Å². The van der Waals surface area contributed by atoms with Crippen LogP contribution in [0.5, 0.6) is 0 Å². The molecule has 0 saturated heterocycles. The van der Waals surface area contributed by atoms with E-state index in [-0.39, 0.29) is 0 Å². The monoisotopic (exact) mass is 126 g/mol. The fourth-order valence-corrected chi connectivity index (χ4v) is 0.934. The molecule has 0 heterocycles. The van der Waals surface area contributed by atoms with Gasteiger partial charge in [-0.3, -0.25) is 0 Å². The predicted molar refractivity (Wildman–Crippen MR) is 35.6 cm³/mol. The third-order valence-corrected chi connectivity index (χ3v) is 1.47. The van der Waals surface area contributed by atoms with Gasteiger partial charge in [0.15, 0.2) is 0 Å². The summed E-state index contributed by atoms with van der Waals surface area (Å²) < 4.78 is 0. The van der Waals surface area contributed by atoms with Gasteiger partial charge >= 0.3 is 0 Å². The Balaban J connectivity index is 2.62. The van der Waals surface area contributed by atoms with Crippen LogP contribution < -0.4 is 5.73 Å². The maximum absolute atomic E-state index is 8.15. The highest BCUT2D eigenvalue weighted by Gasteiger charge is 2.21. The molecule has 1 rings (SSSR count). The lowest BCUT2D eigenvalue weighted by molar-refractivity contribution is 0.318. The van der Waals surface area contributed by atoms with Crippen LogP contribution >= 0.6 is 0 Å². The molecule has 3 nitrogen and oxygen atoms in total. The third kappa shape index (κ3) is 1.29. The zero-order valence-corrected chi connectivity index (χ0v) is 5.12. The van der Waals surface area contributed by atoms with Crippen molar-refractivity contribution in [3.05, 3.63) is 12.2 Å². The molecule has 0 spiro atoms. The molecule has 0 saturated carbocycles. The van der Waals surface area contributed by atoms with E-state index in [1.165, 1.54) is 6.21 Å². The molecule has 1 aliphatic carbocycles. The Morgan fingerprint density at radius 3 is 3.00 bits per heavy atom. The van der Waals surface area contributed by atoms with Crippen LogP contribution in [0.3, 0.4) is 0 Å². The first-order valence-electron chi connectivity index (χ1n) is 2.92. The molecule has 0 aromatic rings. The summed E-state index contributed by atoms with van der Waals surface area (Å²) >= 11 is 0. The van der Waals surface area contributed by atoms with Gasteiger partial charge in [0.05, 0.1) is 11.8 Å². The highest BCUT2D eigenvalue weighted by atomic mass is 16.4. The van der Waals surface area contributed by atoms with Crippen molar-refractivity contribution in [1.29, 1.82) is 0 Å². The zero-order valence-electron chi connectivity index (χ0n) is 5.12. The smallest absolute Gasteiger partial charge is 0.0735 e. The van der Waals surface area contributed by atoms with Gasteiger partial charge in [-0.2, -0.15) is 0 Å². The number of hydrogen-bond acceptors (Lipinski definition) is 3. The standard InChI is InChI=1S/C6H10N2O/c7-6(5-8-9)3-1-2-4-6/h1,3,5,9H,2,4,7H2. The summed E-state index contributed by atoms with van der Waals surface area (Å²) in [6, 6.07) is 0. The predicted octanol–water partition coefficient (Wildman–Crippen LogP) is 0.494. The van der Waals surface area contributed by atoms with Gasteiger partial charge in [0.25, 0.3) is 0 Å². The molecule has 1 unspecified atom stereocenters. The summed E-state index contributed by atoms with van der Waals surface area (Å²) in [5, 5.41) is 11.0. The van der Waals surface area contributed by atoms with Gasteiger partial charge in [0.2, 0.25) is 0 Å². The van der Waals surface area contributed by atoms with Gasteiger partial charge in [0.1, 0.15) is 0 Å². The van der Waals surface area contributed by atoms with Crippen LogP contribution in [-0.4, -0.2) is 17.0 Å². The molecule has 0 aromatic heterocycles. The molecule has 0 fully saturated rings. The quantitative estimate of drug-likeness (QED) is 0.232. The lowest BCUT2D eigenvalue weighted by atomic mass is 10.0. The number of rotatable bonds is 1. The minimum absolute atomic E-state index is 0.477. The van der Waals surface area contributed by atoms with Crippen LogP contribution in [0.15, 0.2) is 17.3 Å². The first kappa shape index (κ1) is 6.29. The maximum Gasteiger partial charge on any atom is 0.0735 e. The van der Waals surface area contributed by atoms with Crippen LogP contribution in [0.2, 0.25) is 0 Å². The van der Waals surface area contributed by atoms with E-state index in [0.29, 0.717) is 0 Å². The van der Waals surface area contributed by atoms with Crippen LogP contribution in [0.1, 0.15) is 12.8 Å². The van der Waals surface area contributed by atoms with Gasteiger partial charge < -0.3 is 10.9 Å². The number of hydrogen-bond donors (Lipinski definition) is 2. The summed E-state index contributed by atoms with van der Waals surface area (Å²) in [6.07, 6.45) is 7.02. The number of allylic oxidation sites excluding steroid dienone is 1. The molecule has 0 bridgehead atoms. The first-order valence-corrected chi connectivity index (χ1v) is 2.92. The minimum atomic E-state index is -0.477. The van der Waals surface area contributed by atoms with Crippen LogP contribution in [0.4, 0.5) is 0 Å². The summed E-state index contributed by atoms with van der Waals surface area (Å²) in [5.41, 5.74) is 5.20. The van der Waals surface area contributed by atoms with E-state index in [1.54, 1.807) is 0 Å². The number of nitrogens with zero attached hydrogens (tertiary/aromatic N) is 1. The molecular formula is C6H10N2O. The SMILES string of the molecule is NC1(C=NO)C=CCC1. The largest absolute Gasteiger partial charge is 0.411 e. The molecule has 1 atom stereocenters. The van der Waals surface area contributed by atoms with E-state index in [4.69, 9.17) is 10.9 Å². The van der Waals surface area contributed by atoms with Crippen LogP contribution in [0, 0.1) is 0 Å². The maximum atomic E-state index is 8.15. The molecule has 3 N–H and O–H groups in total. The fourth-order valence-electron chi connectivity index (χ4n) is 0.934. The Bertz CT molecular complexity index is 153. The summed E-state index contributed by atoms with van der Waals surface area (Å²) in [6.45, 7) is 0. The summed E-state index contributed by atoms with van der Waals surface area (Å²) in [5.74, 6) is 0. The lowest BCUT2D eigenvalue weighted by Crippen LogP contribution is -2.36. The molecule has 0 aromatic carbocycles. The van der Waals surface area contributed by atoms with Gasteiger partial charge in [-0.25, -0.2) is 0 Å². The van der Waals surface area contributed by atoms with Crippen molar-refractivity contribution in [2.75, 3.05) is 0 Å². The highest BCUT2D eigenvalue weighted by molar-refractivity contribution is 5.73. The summed E-state index contributed by atoms with van der Waals surface area (Å²) in [4.78, 5) is 0. The Morgan fingerprint density at radius 1 is 1.78 bits per heavy atom. The van der Waals surface area contributed by atoms with Crippen LogP contribution in [0.25, 0.3) is 0 Å². The van der Waals surface area contributed by atoms with E-state index in [1.807, 2.05) is 12.2 Å². The van der Waals surface area contributed by atoms with Crippen molar-refractivity contribution in [1.82, 2.24) is 0 Å². The van der Waals surface area contributed by atoms with Crippen molar-refractivity contribution in [3.8, 4) is 0 Å². The van der Waals surface area contributed by atoms with E-state index < -0.39 is 5.54 Å². The van der Waals surface area contributed by atoms with Crippen molar-refractivity contribution >= 4 is 6.21 Å². The van der Waals surface area contributed by atoms with Crippen LogP contribution in [-0.2, 0) is 0 Å². The molecule has 50 valence electrons. The molecular weight excluding hydrogens is 116 g/mol. The number of nitrogens with two attached hydrogens (primary N) is 1. The topological polar surface area (TPSA) is 58.6 Å². The van der Waals surface area contributed by atoms with E-state index >= 15 is 0 Å². The van der Waals surface area contributed by atoms with E-state index in [2.05, 4.69) is 5.16 Å². The number of oxime groups is 1. The van der Waals surface area contributed by atoms with Crippen molar-refractivity contribution < 1.29 is 5.21 Å². The Morgan fingerprint density at radius 2 is 2.56 bits per heavy atom. The molecule has 3 heteroatoms. The summed E-state index contributed by atoms with van der Waals surface area (Å²) in [7, 11) is 0. The van der Waals surface area contributed by atoms with Crippen molar-refractivity contribution in [3.63, 3.8) is 0 Å². The van der Waals surface area contributed by atoms with Gasteiger partial charge in [0, 0.05) is 0 Å². The molecule has 9 heavy (non-hydrogen) atoms. The van der Waals surface area contributed by atoms with Crippen molar-refractivity contribution in [2.45, 2.75) is 18.4 Å². The third-order valence-electron chi connectivity index (χ3n) is 1.47. The highest BCUT2D eigenvalue weighted by Crippen LogP contribution is 2.16. The average molecular weight is 126 g/mol. The average Bonchev–Trinajstić information content (AvgIpc) is 2.16. The van der Waals surface area contributed by atoms with E-state index in [0.717, 1.165) is 12.8 Å². The molecule has 0 radical (unpaired) electrons. The lowest BCUT2D eigenvalue weighted by Gasteiger charge is -2.12.